The molecule has 1 aliphatic carbocycles. The number of aromatic nitrogens is 2. The van der Waals surface area contributed by atoms with Gasteiger partial charge in [-0.25, -0.2) is 9.78 Å². The predicted octanol–water partition coefficient (Wildman–Crippen LogP) is 6.67. The van der Waals surface area contributed by atoms with Gasteiger partial charge in [0, 0.05) is 57.8 Å². The lowest BCUT2D eigenvalue weighted by molar-refractivity contribution is -0.172. The van der Waals surface area contributed by atoms with E-state index in [1.807, 2.05) is 41.8 Å². The van der Waals surface area contributed by atoms with Crippen LogP contribution in [0.3, 0.4) is 0 Å². The molecule has 0 radical (unpaired) electrons. The molecule has 260 valence electrons. The zero-order chi connectivity index (χ0) is 34.6. The van der Waals surface area contributed by atoms with E-state index in [1.54, 1.807) is 19.6 Å². The molecule has 1 aromatic heterocycles. The molecule has 3 unspecified atom stereocenters. The van der Waals surface area contributed by atoms with Gasteiger partial charge in [0.2, 0.25) is 0 Å². The van der Waals surface area contributed by atoms with E-state index in [4.69, 9.17) is 31.6 Å². The molecule has 1 aliphatic heterocycles. The monoisotopic (exact) mass is 670 g/mol. The van der Waals surface area contributed by atoms with E-state index in [1.165, 1.54) is 5.57 Å². The first-order valence-corrected chi connectivity index (χ1v) is 16.8. The van der Waals surface area contributed by atoms with E-state index in [9.17, 15) is 4.79 Å². The number of methoxy groups -OCH3 is 1. The average Bonchev–Trinajstić information content (AvgIpc) is 3.36. The summed E-state index contributed by atoms with van der Waals surface area (Å²) in [6.07, 6.45) is 17.7. The third kappa shape index (κ3) is 11.5. The Bertz CT molecular complexity index is 1340. The minimum absolute atomic E-state index is 0.0156. The van der Waals surface area contributed by atoms with Crippen LogP contribution in [0.4, 0.5) is 4.79 Å². The molecule has 47 heavy (non-hydrogen) atoms. The van der Waals surface area contributed by atoms with Crippen LogP contribution in [0, 0.1) is 5.41 Å². The summed E-state index contributed by atoms with van der Waals surface area (Å²) in [7, 11) is 3.57. The number of nitrogens with zero attached hydrogens (tertiary/aromatic N) is 4. The number of nitrogens with one attached hydrogen (secondary N) is 1. The quantitative estimate of drug-likeness (QED) is 0.121. The van der Waals surface area contributed by atoms with Crippen molar-refractivity contribution in [3.8, 4) is 0 Å². The molecule has 2 aliphatic rings. The number of carbonyl (C=O) groups excluding carboxylic acids is 1. The maximum atomic E-state index is 12.9. The second-order valence-corrected chi connectivity index (χ2v) is 13.8. The highest BCUT2D eigenvalue weighted by molar-refractivity contribution is 6.30. The summed E-state index contributed by atoms with van der Waals surface area (Å²) in [5.74, 6) is 0. The van der Waals surface area contributed by atoms with Gasteiger partial charge in [0.05, 0.1) is 30.9 Å². The van der Waals surface area contributed by atoms with Gasteiger partial charge < -0.3 is 24.7 Å². The molecule has 1 saturated heterocycles. The molecule has 1 fully saturated rings. The van der Waals surface area contributed by atoms with Crippen molar-refractivity contribution in [3.05, 3.63) is 88.7 Å². The van der Waals surface area contributed by atoms with Crippen molar-refractivity contribution in [2.45, 2.75) is 78.7 Å². The van der Waals surface area contributed by atoms with E-state index in [2.05, 4.69) is 67.9 Å². The summed E-state index contributed by atoms with van der Waals surface area (Å²) in [5, 5.41) is 0.714. The fourth-order valence-electron chi connectivity index (χ4n) is 5.57. The normalized spacial score (nSPS) is 18.7. The highest BCUT2D eigenvalue weighted by atomic mass is 35.5. The standard InChI is InChI=1S/C36H55ClN6O4/c1-9-33(45-8)47-40-34(32-23-39-25-41(32)7)27(3)30-22-28(37)14-12-15-29(30)31(21-26(2)13-10-11-16-38)42-17-19-43(20-18-42)35(44)46-24-36(4,5)6/h11-13,15-16,22-23,25,31,33-34,40H,3,9-10,14,17-21,24,38H2,1-2,4-8H3/b16-11-,26-13-. The smallest absolute Gasteiger partial charge is 0.409 e. The number of imidazole rings is 1. The van der Waals surface area contributed by atoms with Crippen LogP contribution in [-0.4, -0.2) is 77.7 Å². The number of halogens is 1. The summed E-state index contributed by atoms with van der Waals surface area (Å²) in [4.78, 5) is 27.5. The number of rotatable bonds is 15. The number of hydrogen-bond donors (Lipinski definition) is 2. The minimum Gasteiger partial charge on any atom is -0.449 e. The van der Waals surface area contributed by atoms with Gasteiger partial charge in [-0.1, -0.05) is 75.8 Å². The van der Waals surface area contributed by atoms with E-state index in [0.29, 0.717) is 50.7 Å². The Morgan fingerprint density at radius 3 is 2.57 bits per heavy atom. The van der Waals surface area contributed by atoms with Gasteiger partial charge in [-0.15, -0.1) is 0 Å². The van der Waals surface area contributed by atoms with Gasteiger partial charge in [0.15, 0.2) is 6.29 Å². The predicted molar refractivity (Wildman–Crippen MR) is 189 cm³/mol. The second kappa shape index (κ2) is 18.4. The largest absolute Gasteiger partial charge is 0.449 e. The number of hydrogen-bond acceptors (Lipinski definition) is 8. The molecule has 1 amide bonds. The molecule has 1 aromatic rings. The number of allylic oxidation sites excluding steroid dienone is 5. The lowest BCUT2D eigenvalue weighted by Crippen LogP contribution is -2.52. The van der Waals surface area contributed by atoms with E-state index < -0.39 is 12.3 Å². The molecule has 3 atom stereocenters. The van der Waals surface area contributed by atoms with Crippen molar-refractivity contribution in [1.29, 1.82) is 0 Å². The number of ether oxygens (including phenoxy) is 2. The number of aryl methyl sites for hydroxylation is 1. The Morgan fingerprint density at radius 2 is 1.98 bits per heavy atom. The van der Waals surface area contributed by atoms with Crippen molar-refractivity contribution in [2.24, 2.45) is 18.2 Å². The molecule has 0 spiro atoms. The molecule has 3 rings (SSSR count). The SMILES string of the molecule is C=C(C1=C(C(C/C(C)=C\C/C=C\N)N2CCN(C(=O)OCC(C)(C)C)CC2)C=CCC(Cl)=C1)C(NOC(CC)OC)c1cncn1C. The Labute approximate surface area is 286 Å². The average molecular weight is 671 g/mol. The number of piperazine rings is 1. The summed E-state index contributed by atoms with van der Waals surface area (Å²) in [6, 6.07) is -0.455. The Morgan fingerprint density at radius 1 is 1.26 bits per heavy atom. The van der Waals surface area contributed by atoms with Crippen LogP contribution >= 0.6 is 11.6 Å². The highest BCUT2D eigenvalue weighted by Crippen LogP contribution is 2.36. The summed E-state index contributed by atoms with van der Waals surface area (Å²) in [6.45, 7) is 17.9. The van der Waals surface area contributed by atoms with Gasteiger partial charge in [-0.3, -0.25) is 9.74 Å². The first kappa shape index (κ1) is 38.3. The van der Waals surface area contributed by atoms with Crippen LogP contribution in [0.1, 0.15) is 72.0 Å². The second-order valence-electron chi connectivity index (χ2n) is 13.3. The van der Waals surface area contributed by atoms with Crippen LogP contribution in [-0.2, 0) is 21.4 Å². The first-order valence-electron chi connectivity index (χ1n) is 16.4. The first-order chi connectivity index (χ1) is 22.4. The number of hydroxylamine groups is 1. The molecule has 0 bridgehead atoms. The fraction of sp³-hybridized carbons (Fsp3) is 0.556. The van der Waals surface area contributed by atoms with Gasteiger partial charge in [0.1, 0.15) is 0 Å². The number of carbonyl (C=O) groups is 1. The molecule has 11 heteroatoms. The van der Waals surface area contributed by atoms with Crippen LogP contribution in [0.25, 0.3) is 0 Å². The van der Waals surface area contributed by atoms with Crippen molar-refractivity contribution in [3.63, 3.8) is 0 Å². The molecule has 10 nitrogen and oxygen atoms in total. The third-order valence-corrected chi connectivity index (χ3v) is 8.50. The summed E-state index contributed by atoms with van der Waals surface area (Å²) >= 11 is 6.80. The van der Waals surface area contributed by atoms with E-state index in [0.717, 1.165) is 35.3 Å². The lowest BCUT2D eigenvalue weighted by Gasteiger charge is -2.40. The molecular weight excluding hydrogens is 616 g/mol. The molecule has 0 aromatic carbocycles. The topological polar surface area (TPSA) is 107 Å². The van der Waals surface area contributed by atoms with Gasteiger partial charge in [-0.2, -0.15) is 5.48 Å². The number of nitrogens with two attached hydrogens (primary N) is 1. The van der Waals surface area contributed by atoms with Crippen LogP contribution in [0.5, 0.6) is 0 Å². The van der Waals surface area contributed by atoms with Crippen molar-refractivity contribution in [1.82, 2.24) is 24.8 Å². The lowest BCUT2D eigenvalue weighted by atomic mass is 9.87. The zero-order valence-corrected chi connectivity index (χ0v) is 30.1. The van der Waals surface area contributed by atoms with Crippen LogP contribution < -0.4 is 11.2 Å². The summed E-state index contributed by atoms with van der Waals surface area (Å²) in [5.41, 5.74) is 13.7. The Hall–Kier alpha value is -3.15. The van der Waals surface area contributed by atoms with Crippen molar-refractivity contribution < 1.29 is 19.1 Å². The molecular formula is C36H55ClN6O4. The fourth-order valence-corrected chi connectivity index (χ4v) is 5.76. The van der Waals surface area contributed by atoms with Crippen LogP contribution in [0.2, 0.25) is 0 Å². The maximum Gasteiger partial charge on any atom is 0.409 e. The van der Waals surface area contributed by atoms with Crippen molar-refractivity contribution in [2.75, 3.05) is 39.9 Å². The number of amides is 1. The zero-order valence-electron chi connectivity index (χ0n) is 29.3. The highest BCUT2D eigenvalue weighted by Gasteiger charge is 2.32. The Kier molecular flexibility index (Phi) is 15.0. The van der Waals surface area contributed by atoms with Gasteiger partial charge in [-0.05, 0) is 60.6 Å². The van der Waals surface area contributed by atoms with Gasteiger partial charge in [0.25, 0.3) is 0 Å². The molecule has 0 saturated carbocycles. The maximum absolute atomic E-state index is 12.9. The van der Waals surface area contributed by atoms with E-state index in [-0.39, 0.29) is 17.6 Å². The summed E-state index contributed by atoms with van der Waals surface area (Å²) < 4.78 is 13.1. The van der Waals surface area contributed by atoms with Crippen LogP contribution in [0.15, 0.2) is 83.0 Å². The van der Waals surface area contributed by atoms with Crippen molar-refractivity contribution >= 4 is 17.7 Å². The molecule has 2 heterocycles. The molecule has 3 N–H and O–H groups in total. The van der Waals surface area contributed by atoms with Gasteiger partial charge >= 0.3 is 6.09 Å². The minimum atomic E-state index is -0.440. The third-order valence-electron chi connectivity index (χ3n) is 8.23. The van der Waals surface area contributed by atoms with E-state index >= 15 is 0 Å². The Balaban J connectivity index is 2.03.